The van der Waals surface area contributed by atoms with Crippen molar-refractivity contribution in [1.29, 1.82) is 0 Å². The maximum atomic E-state index is 9.41. The minimum atomic E-state index is -0.607. The van der Waals surface area contributed by atoms with Gasteiger partial charge in [0, 0.05) is 13.1 Å². The van der Waals surface area contributed by atoms with Crippen molar-refractivity contribution < 1.29 is 5.11 Å². The SMILES string of the molecule is CN(CCC(C)(C)O)CC(N)=S. The Morgan fingerprint density at radius 1 is 1.58 bits per heavy atom. The third-order valence-corrected chi connectivity index (χ3v) is 1.66. The molecule has 0 bridgehead atoms. The second-order valence-electron chi connectivity index (χ2n) is 3.77. The zero-order valence-electron chi connectivity index (χ0n) is 8.00. The van der Waals surface area contributed by atoms with E-state index in [1.54, 1.807) is 13.8 Å². The van der Waals surface area contributed by atoms with Gasteiger partial charge in [-0.2, -0.15) is 0 Å². The van der Waals surface area contributed by atoms with Gasteiger partial charge in [0.1, 0.15) is 0 Å². The average Bonchev–Trinajstić information content (AvgIpc) is 1.80. The quantitative estimate of drug-likeness (QED) is 0.615. The molecule has 0 radical (unpaired) electrons. The van der Waals surface area contributed by atoms with Gasteiger partial charge < -0.3 is 10.8 Å². The van der Waals surface area contributed by atoms with Gasteiger partial charge in [-0.3, -0.25) is 4.90 Å². The van der Waals surface area contributed by atoms with Crippen LogP contribution in [0.15, 0.2) is 0 Å². The summed E-state index contributed by atoms with van der Waals surface area (Å²) in [4.78, 5) is 2.49. The molecule has 0 spiro atoms. The summed E-state index contributed by atoms with van der Waals surface area (Å²) in [5.41, 5.74) is 4.75. The first-order valence-electron chi connectivity index (χ1n) is 4.00. The summed E-state index contributed by atoms with van der Waals surface area (Å²) in [7, 11) is 1.94. The molecule has 0 unspecified atom stereocenters. The second-order valence-corrected chi connectivity index (χ2v) is 4.29. The molecule has 12 heavy (non-hydrogen) atoms. The van der Waals surface area contributed by atoms with Crippen LogP contribution < -0.4 is 5.73 Å². The van der Waals surface area contributed by atoms with E-state index in [9.17, 15) is 5.11 Å². The molecule has 0 fully saturated rings. The minimum Gasteiger partial charge on any atom is -0.392 e. The molecule has 0 saturated heterocycles. The zero-order chi connectivity index (χ0) is 9.78. The van der Waals surface area contributed by atoms with Gasteiger partial charge in [0.15, 0.2) is 0 Å². The lowest BCUT2D eigenvalue weighted by atomic mass is 10.1. The lowest BCUT2D eigenvalue weighted by Gasteiger charge is -2.22. The summed E-state index contributed by atoms with van der Waals surface area (Å²) in [5.74, 6) is 0. The van der Waals surface area contributed by atoms with Crippen molar-refractivity contribution >= 4 is 17.2 Å². The third-order valence-electron chi connectivity index (χ3n) is 1.53. The molecule has 0 aromatic carbocycles. The van der Waals surface area contributed by atoms with Crippen molar-refractivity contribution in [2.24, 2.45) is 5.73 Å². The van der Waals surface area contributed by atoms with Crippen LogP contribution in [0.5, 0.6) is 0 Å². The normalized spacial score (nSPS) is 12.1. The second kappa shape index (κ2) is 4.74. The number of likely N-dealkylation sites (N-methyl/N-ethyl adjacent to an activating group) is 1. The highest BCUT2D eigenvalue weighted by molar-refractivity contribution is 7.80. The molecule has 0 saturated carbocycles. The molecule has 0 aliphatic rings. The third kappa shape index (κ3) is 7.91. The van der Waals surface area contributed by atoms with Crippen LogP contribution in [0.2, 0.25) is 0 Å². The predicted octanol–water partition coefficient (Wildman–Crippen LogP) is 0.365. The van der Waals surface area contributed by atoms with Crippen LogP contribution in [0, 0.1) is 0 Å². The summed E-state index contributed by atoms with van der Waals surface area (Å²) >= 11 is 4.75. The largest absolute Gasteiger partial charge is 0.392 e. The van der Waals surface area contributed by atoms with Gasteiger partial charge in [0.05, 0.1) is 10.6 Å². The molecule has 4 heteroatoms. The first-order chi connectivity index (χ1) is 5.31. The van der Waals surface area contributed by atoms with Crippen molar-refractivity contribution in [2.75, 3.05) is 20.1 Å². The molecule has 0 rings (SSSR count). The van der Waals surface area contributed by atoms with E-state index < -0.39 is 5.60 Å². The molecule has 0 atom stereocenters. The van der Waals surface area contributed by atoms with E-state index in [2.05, 4.69) is 0 Å². The van der Waals surface area contributed by atoms with Crippen LogP contribution >= 0.6 is 12.2 Å². The number of rotatable bonds is 5. The van der Waals surface area contributed by atoms with Gasteiger partial charge in [-0.1, -0.05) is 12.2 Å². The topological polar surface area (TPSA) is 49.5 Å². The van der Waals surface area contributed by atoms with E-state index >= 15 is 0 Å². The van der Waals surface area contributed by atoms with Gasteiger partial charge in [0.2, 0.25) is 0 Å². The first kappa shape index (κ1) is 11.8. The number of hydrogen-bond donors (Lipinski definition) is 2. The number of aliphatic hydroxyl groups is 1. The Bertz CT molecular complexity index is 154. The number of nitrogens with two attached hydrogens (primary N) is 1. The minimum absolute atomic E-state index is 0.494. The zero-order valence-corrected chi connectivity index (χ0v) is 8.82. The van der Waals surface area contributed by atoms with Gasteiger partial charge in [-0.15, -0.1) is 0 Å². The van der Waals surface area contributed by atoms with Gasteiger partial charge in [-0.05, 0) is 27.3 Å². The Balaban J connectivity index is 3.57. The summed E-state index contributed by atoms with van der Waals surface area (Å²) < 4.78 is 0. The average molecular weight is 190 g/mol. The molecule has 3 N–H and O–H groups in total. The highest BCUT2D eigenvalue weighted by Crippen LogP contribution is 2.07. The molecule has 0 aromatic heterocycles. The number of thiocarbonyl (C=S) groups is 1. The van der Waals surface area contributed by atoms with Gasteiger partial charge in [-0.25, -0.2) is 0 Å². The van der Waals surface area contributed by atoms with Crippen molar-refractivity contribution in [3.8, 4) is 0 Å². The predicted molar refractivity (Wildman–Crippen MR) is 55.2 cm³/mol. The van der Waals surface area contributed by atoms with Crippen LogP contribution in [0.3, 0.4) is 0 Å². The van der Waals surface area contributed by atoms with Crippen molar-refractivity contribution in [1.82, 2.24) is 4.90 Å². The fourth-order valence-corrected chi connectivity index (χ4v) is 1.03. The van der Waals surface area contributed by atoms with Crippen LogP contribution in [-0.4, -0.2) is 40.7 Å². The lowest BCUT2D eigenvalue weighted by molar-refractivity contribution is 0.0622. The van der Waals surface area contributed by atoms with Crippen molar-refractivity contribution in [3.63, 3.8) is 0 Å². The molecular weight excluding hydrogens is 172 g/mol. The maximum Gasteiger partial charge on any atom is 0.0869 e. The Morgan fingerprint density at radius 2 is 2.08 bits per heavy atom. The van der Waals surface area contributed by atoms with Crippen LogP contribution in [0.25, 0.3) is 0 Å². The fraction of sp³-hybridized carbons (Fsp3) is 0.875. The summed E-state index contributed by atoms with van der Waals surface area (Å²) in [5, 5.41) is 9.41. The summed E-state index contributed by atoms with van der Waals surface area (Å²) in [6.45, 7) is 5.01. The van der Waals surface area contributed by atoms with E-state index in [4.69, 9.17) is 18.0 Å². The molecule has 0 aliphatic carbocycles. The van der Waals surface area contributed by atoms with Gasteiger partial charge in [0.25, 0.3) is 0 Å². The van der Waals surface area contributed by atoms with Gasteiger partial charge >= 0.3 is 0 Å². The highest BCUT2D eigenvalue weighted by Gasteiger charge is 2.13. The van der Waals surface area contributed by atoms with E-state index in [0.29, 0.717) is 11.5 Å². The molecule has 0 amide bonds. The lowest BCUT2D eigenvalue weighted by Crippen LogP contribution is -2.33. The molecule has 0 heterocycles. The smallest absolute Gasteiger partial charge is 0.0869 e. The Kier molecular flexibility index (Phi) is 4.67. The summed E-state index contributed by atoms with van der Waals surface area (Å²) in [6.07, 6.45) is 0.728. The summed E-state index contributed by atoms with van der Waals surface area (Å²) in [6, 6.07) is 0. The number of nitrogens with zero attached hydrogens (tertiary/aromatic N) is 1. The fourth-order valence-electron chi connectivity index (χ4n) is 0.810. The molecule has 0 aromatic rings. The molecule has 72 valence electrons. The van der Waals surface area contributed by atoms with E-state index in [1.165, 1.54) is 0 Å². The monoisotopic (exact) mass is 190 g/mol. The standard InChI is InChI=1S/C8H18N2OS/c1-8(2,11)4-5-10(3)6-7(9)12/h11H,4-6H2,1-3H3,(H2,9,12). The molecule has 0 aliphatic heterocycles. The van der Waals surface area contributed by atoms with E-state index in [-0.39, 0.29) is 0 Å². The van der Waals surface area contributed by atoms with Crippen LogP contribution in [0.4, 0.5) is 0 Å². The highest BCUT2D eigenvalue weighted by atomic mass is 32.1. The van der Waals surface area contributed by atoms with Crippen molar-refractivity contribution in [3.05, 3.63) is 0 Å². The van der Waals surface area contributed by atoms with Crippen LogP contribution in [-0.2, 0) is 0 Å². The van der Waals surface area contributed by atoms with E-state index in [0.717, 1.165) is 13.0 Å². The number of hydrogen-bond acceptors (Lipinski definition) is 3. The Hall–Kier alpha value is -0.190. The Morgan fingerprint density at radius 3 is 2.42 bits per heavy atom. The van der Waals surface area contributed by atoms with Crippen LogP contribution in [0.1, 0.15) is 20.3 Å². The molecule has 3 nitrogen and oxygen atoms in total. The first-order valence-corrected chi connectivity index (χ1v) is 4.41. The molecular formula is C8H18N2OS. The Labute approximate surface area is 79.5 Å². The maximum absolute atomic E-state index is 9.41. The van der Waals surface area contributed by atoms with Crippen molar-refractivity contribution in [2.45, 2.75) is 25.9 Å². The van der Waals surface area contributed by atoms with E-state index in [1.807, 2.05) is 11.9 Å².